The van der Waals surface area contributed by atoms with Crippen molar-refractivity contribution in [3.05, 3.63) is 64.7 Å². The van der Waals surface area contributed by atoms with Crippen LogP contribution in [0, 0.1) is 0 Å². The standard InChI is InChI=1S/C21H24ClN3O2/c1-3-4-5-6-20(26)25-24-15(2)16-9-13-19(14-10-16)23-21(27)17-7-11-18(22)12-8-17/h7-14H,3-6H2,1-2H3,(H,23,27)(H,25,26)/b24-15-. The summed E-state index contributed by atoms with van der Waals surface area (Å²) in [6.45, 7) is 3.93. The number of nitrogens with one attached hydrogen (secondary N) is 2. The van der Waals surface area contributed by atoms with Crippen LogP contribution in [-0.2, 0) is 4.79 Å². The fraction of sp³-hybridized carbons (Fsp3) is 0.286. The van der Waals surface area contributed by atoms with Crippen LogP contribution in [0.15, 0.2) is 53.6 Å². The summed E-state index contributed by atoms with van der Waals surface area (Å²) < 4.78 is 0. The van der Waals surface area contributed by atoms with Gasteiger partial charge < -0.3 is 5.32 Å². The van der Waals surface area contributed by atoms with Crippen LogP contribution in [-0.4, -0.2) is 17.5 Å². The third kappa shape index (κ3) is 6.87. The second-order valence-corrected chi connectivity index (χ2v) is 6.66. The first kappa shape index (κ1) is 20.6. The minimum Gasteiger partial charge on any atom is -0.322 e. The van der Waals surface area contributed by atoms with Crippen LogP contribution in [0.2, 0.25) is 5.02 Å². The lowest BCUT2D eigenvalue weighted by Gasteiger charge is -2.07. The van der Waals surface area contributed by atoms with Crippen LogP contribution in [0.3, 0.4) is 0 Å². The largest absolute Gasteiger partial charge is 0.322 e. The van der Waals surface area contributed by atoms with E-state index in [1.165, 1.54) is 0 Å². The summed E-state index contributed by atoms with van der Waals surface area (Å²) >= 11 is 5.83. The Labute approximate surface area is 164 Å². The van der Waals surface area contributed by atoms with Gasteiger partial charge in [0.2, 0.25) is 5.91 Å². The summed E-state index contributed by atoms with van der Waals surface area (Å²) in [6.07, 6.45) is 3.48. The van der Waals surface area contributed by atoms with Crippen molar-refractivity contribution in [2.24, 2.45) is 5.10 Å². The van der Waals surface area contributed by atoms with Crippen molar-refractivity contribution in [2.45, 2.75) is 39.5 Å². The van der Waals surface area contributed by atoms with E-state index in [1.54, 1.807) is 36.4 Å². The van der Waals surface area contributed by atoms with E-state index in [4.69, 9.17) is 11.6 Å². The zero-order chi connectivity index (χ0) is 19.6. The Morgan fingerprint density at radius 2 is 1.59 bits per heavy atom. The van der Waals surface area contributed by atoms with Crippen LogP contribution >= 0.6 is 11.6 Å². The fourth-order valence-electron chi connectivity index (χ4n) is 2.40. The number of hydrogen-bond acceptors (Lipinski definition) is 3. The first-order valence-electron chi connectivity index (χ1n) is 9.00. The molecule has 0 radical (unpaired) electrons. The quantitative estimate of drug-likeness (QED) is 0.381. The van der Waals surface area contributed by atoms with Gasteiger partial charge in [0.25, 0.3) is 5.91 Å². The summed E-state index contributed by atoms with van der Waals surface area (Å²) in [6, 6.07) is 14.0. The Kier molecular flexibility index (Phi) is 8.01. The number of rotatable bonds is 8. The maximum Gasteiger partial charge on any atom is 0.255 e. The number of nitrogens with zero attached hydrogens (tertiary/aromatic N) is 1. The number of amides is 2. The molecule has 27 heavy (non-hydrogen) atoms. The minimum atomic E-state index is -0.204. The van der Waals surface area contributed by atoms with E-state index in [2.05, 4.69) is 22.8 Å². The molecule has 0 fully saturated rings. The van der Waals surface area contributed by atoms with Gasteiger partial charge in [0, 0.05) is 22.7 Å². The number of unbranched alkanes of at least 4 members (excludes halogenated alkanes) is 2. The molecule has 0 unspecified atom stereocenters. The summed E-state index contributed by atoms with van der Waals surface area (Å²) in [5.41, 5.74) is 5.36. The predicted molar refractivity (Wildman–Crippen MR) is 110 cm³/mol. The van der Waals surface area contributed by atoms with Crippen LogP contribution < -0.4 is 10.7 Å². The third-order valence-corrected chi connectivity index (χ3v) is 4.27. The molecule has 0 spiro atoms. The van der Waals surface area contributed by atoms with Gasteiger partial charge >= 0.3 is 0 Å². The highest BCUT2D eigenvalue weighted by atomic mass is 35.5. The minimum absolute atomic E-state index is 0.0744. The first-order chi connectivity index (χ1) is 13.0. The van der Waals surface area contributed by atoms with Crippen LogP contribution in [0.4, 0.5) is 5.69 Å². The SMILES string of the molecule is CCCCCC(=O)N/N=C(/C)c1ccc(NC(=O)c2ccc(Cl)cc2)cc1. The van der Waals surface area contributed by atoms with Crippen molar-refractivity contribution in [1.29, 1.82) is 0 Å². The van der Waals surface area contributed by atoms with Gasteiger partial charge in [-0.25, -0.2) is 5.43 Å². The van der Waals surface area contributed by atoms with Gasteiger partial charge in [-0.15, -0.1) is 0 Å². The van der Waals surface area contributed by atoms with Gasteiger partial charge in [-0.2, -0.15) is 5.10 Å². The molecule has 142 valence electrons. The van der Waals surface area contributed by atoms with Gasteiger partial charge in [-0.1, -0.05) is 43.5 Å². The molecule has 0 aliphatic carbocycles. The van der Waals surface area contributed by atoms with Gasteiger partial charge in [0.1, 0.15) is 0 Å². The lowest BCUT2D eigenvalue weighted by Crippen LogP contribution is -2.18. The van der Waals surface area contributed by atoms with Crippen molar-refractivity contribution in [2.75, 3.05) is 5.32 Å². The summed E-state index contributed by atoms with van der Waals surface area (Å²) in [7, 11) is 0. The normalized spacial score (nSPS) is 11.1. The van der Waals surface area contributed by atoms with E-state index in [-0.39, 0.29) is 11.8 Å². The van der Waals surface area contributed by atoms with Crippen molar-refractivity contribution in [3.63, 3.8) is 0 Å². The fourth-order valence-corrected chi connectivity index (χ4v) is 2.53. The van der Waals surface area contributed by atoms with E-state index >= 15 is 0 Å². The Morgan fingerprint density at radius 3 is 2.22 bits per heavy atom. The third-order valence-electron chi connectivity index (χ3n) is 4.02. The second-order valence-electron chi connectivity index (χ2n) is 6.23. The average molecular weight is 386 g/mol. The zero-order valence-electron chi connectivity index (χ0n) is 15.6. The van der Waals surface area contributed by atoms with Crippen molar-refractivity contribution < 1.29 is 9.59 Å². The Hall–Kier alpha value is -2.66. The first-order valence-corrected chi connectivity index (χ1v) is 9.38. The molecule has 6 heteroatoms. The Morgan fingerprint density at radius 1 is 0.963 bits per heavy atom. The lowest BCUT2D eigenvalue weighted by atomic mass is 10.1. The molecule has 2 aromatic carbocycles. The highest BCUT2D eigenvalue weighted by Gasteiger charge is 2.06. The van der Waals surface area contributed by atoms with Crippen LogP contribution in [0.25, 0.3) is 0 Å². The van der Waals surface area contributed by atoms with Crippen LogP contribution in [0.1, 0.15) is 55.5 Å². The summed E-state index contributed by atoms with van der Waals surface area (Å²) in [5.74, 6) is -0.279. The maximum absolute atomic E-state index is 12.2. The molecular formula is C21H24ClN3O2. The molecule has 0 atom stereocenters. The smallest absolute Gasteiger partial charge is 0.255 e. The number of hydrazone groups is 1. The predicted octanol–water partition coefficient (Wildman–Crippen LogP) is 5.01. The lowest BCUT2D eigenvalue weighted by molar-refractivity contribution is -0.121. The Bertz CT molecular complexity index is 799. The molecule has 2 rings (SSSR count). The molecule has 2 aromatic rings. The highest BCUT2D eigenvalue weighted by molar-refractivity contribution is 6.30. The number of carbonyl (C=O) groups excluding carboxylic acids is 2. The van der Waals surface area contributed by atoms with Crippen LogP contribution in [0.5, 0.6) is 0 Å². The second kappa shape index (κ2) is 10.5. The molecule has 0 heterocycles. The number of carbonyl (C=O) groups is 2. The Balaban J connectivity index is 1.91. The average Bonchev–Trinajstić information content (AvgIpc) is 2.67. The molecule has 0 aliphatic rings. The molecule has 5 nitrogen and oxygen atoms in total. The van der Waals surface area contributed by atoms with E-state index in [1.807, 2.05) is 19.1 Å². The molecule has 0 saturated carbocycles. The van der Waals surface area contributed by atoms with E-state index in [0.29, 0.717) is 28.4 Å². The molecule has 2 amide bonds. The summed E-state index contributed by atoms with van der Waals surface area (Å²) in [5, 5.41) is 7.55. The molecule has 0 aliphatic heterocycles. The molecular weight excluding hydrogens is 362 g/mol. The van der Waals surface area contributed by atoms with Gasteiger partial charge in [0.15, 0.2) is 0 Å². The van der Waals surface area contributed by atoms with Crippen molar-refractivity contribution in [3.8, 4) is 0 Å². The summed E-state index contributed by atoms with van der Waals surface area (Å²) in [4.78, 5) is 23.9. The highest BCUT2D eigenvalue weighted by Crippen LogP contribution is 2.14. The monoisotopic (exact) mass is 385 g/mol. The van der Waals surface area contributed by atoms with Gasteiger partial charge in [0.05, 0.1) is 5.71 Å². The molecule has 0 bridgehead atoms. The van der Waals surface area contributed by atoms with Crippen molar-refractivity contribution >= 4 is 34.8 Å². The maximum atomic E-state index is 12.2. The molecule has 2 N–H and O–H groups in total. The number of benzene rings is 2. The van der Waals surface area contributed by atoms with E-state index < -0.39 is 0 Å². The van der Waals surface area contributed by atoms with Gasteiger partial charge in [-0.05, 0) is 55.3 Å². The molecule has 0 saturated heterocycles. The van der Waals surface area contributed by atoms with E-state index in [9.17, 15) is 9.59 Å². The number of hydrogen-bond donors (Lipinski definition) is 2. The number of anilines is 1. The molecule has 0 aromatic heterocycles. The van der Waals surface area contributed by atoms with Crippen molar-refractivity contribution in [1.82, 2.24) is 5.43 Å². The zero-order valence-corrected chi connectivity index (χ0v) is 16.3. The van der Waals surface area contributed by atoms with E-state index in [0.717, 1.165) is 24.8 Å². The topological polar surface area (TPSA) is 70.6 Å². The number of halogens is 1. The van der Waals surface area contributed by atoms with Gasteiger partial charge in [-0.3, -0.25) is 9.59 Å².